The van der Waals surface area contributed by atoms with E-state index in [4.69, 9.17) is 0 Å². The molecule has 0 fully saturated rings. The highest BCUT2D eigenvalue weighted by Crippen LogP contribution is 2.10. The van der Waals surface area contributed by atoms with Crippen molar-refractivity contribution >= 4 is 5.69 Å². The molecule has 0 aliphatic carbocycles. The lowest BCUT2D eigenvalue weighted by Gasteiger charge is -2.07. The standard InChI is InChI=1S/C16H23N.C2H6/c1-5-15(9-6-13(2)3)12-17-16-10-7-14(4)8-11-16;1-2/h5-11,13,17H,12H2,1-4H3;1-2H3/b9-6-,15-5+;. The summed E-state index contributed by atoms with van der Waals surface area (Å²) in [4.78, 5) is 0. The van der Waals surface area contributed by atoms with Crippen molar-refractivity contribution in [3.05, 3.63) is 53.6 Å². The minimum Gasteiger partial charge on any atom is -0.381 e. The van der Waals surface area contributed by atoms with Crippen LogP contribution in [0.1, 0.15) is 40.2 Å². The van der Waals surface area contributed by atoms with E-state index in [0.29, 0.717) is 5.92 Å². The number of hydrogen-bond donors (Lipinski definition) is 1. The molecule has 1 nitrogen and oxygen atoms in total. The fourth-order valence-corrected chi connectivity index (χ4v) is 1.45. The summed E-state index contributed by atoms with van der Waals surface area (Å²) in [5.41, 5.74) is 3.79. The first-order valence-electron chi connectivity index (χ1n) is 7.25. The SMILES string of the molecule is C/C=C(\C=C/C(C)C)CNc1ccc(C)cc1.CC. The van der Waals surface area contributed by atoms with Gasteiger partial charge in [-0.1, -0.05) is 63.6 Å². The highest BCUT2D eigenvalue weighted by atomic mass is 14.9. The van der Waals surface area contributed by atoms with Gasteiger partial charge >= 0.3 is 0 Å². The zero-order valence-corrected chi connectivity index (χ0v) is 13.3. The maximum absolute atomic E-state index is 3.43. The number of allylic oxidation sites excluding steroid dienone is 2. The van der Waals surface area contributed by atoms with Gasteiger partial charge in [0.05, 0.1) is 0 Å². The Bertz CT molecular complexity index is 383. The Morgan fingerprint density at radius 1 is 1.16 bits per heavy atom. The Hall–Kier alpha value is -1.50. The summed E-state index contributed by atoms with van der Waals surface area (Å²) >= 11 is 0. The molecule has 0 aliphatic rings. The molecule has 0 atom stereocenters. The number of anilines is 1. The molecule has 1 rings (SSSR count). The molecule has 1 heteroatoms. The Labute approximate surface area is 119 Å². The van der Waals surface area contributed by atoms with Crippen LogP contribution in [0.15, 0.2) is 48.1 Å². The second-order valence-corrected chi connectivity index (χ2v) is 4.69. The second kappa shape index (κ2) is 10.4. The molecule has 0 aliphatic heterocycles. The minimum atomic E-state index is 0.601. The number of benzene rings is 1. The van der Waals surface area contributed by atoms with Gasteiger partial charge in [0.15, 0.2) is 0 Å². The number of hydrogen-bond acceptors (Lipinski definition) is 1. The molecule has 0 unspecified atom stereocenters. The quantitative estimate of drug-likeness (QED) is 0.679. The Kier molecular flexibility index (Phi) is 9.60. The van der Waals surface area contributed by atoms with E-state index in [-0.39, 0.29) is 0 Å². The van der Waals surface area contributed by atoms with Crippen LogP contribution in [0.25, 0.3) is 0 Å². The zero-order chi connectivity index (χ0) is 14.7. The highest BCUT2D eigenvalue weighted by molar-refractivity contribution is 5.46. The first kappa shape index (κ1) is 17.5. The van der Waals surface area contributed by atoms with E-state index in [0.717, 1.165) is 6.54 Å². The van der Waals surface area contributed by atoms with E-state index in [1.165, 1.54) is 16.8 Å². The third-order valence-electron chi connectivity index (χ3n) is 2.61. The van der Waals surface area contributed by atoms with Gasteiger partial charge in [-0.25, -0.2) is 0 Å². The lowest BCUT2D eigenvalue weighted by Crippen LogP contribution is -2.03. The van der Waals surface area contributed by atoms with Crippen molar-refractivity contribution in [3.8, 4) is 0 Å². The van der Waals surface area contributed by atoms with E-state index in [2.05, 4.69) is 75.5 Å². The molecule has 0 aromatic heterocycles. The molecule has 19 heavy (non-hydrogen) atoms. The van der Waals surface area contributed by atoms with Gasteiger partial charge in [-0.3, -0.25) is 0 Å². The van der Waals surface area contributed by atoms with Crippen LogP contribution in [-0.2, 0) is 0 Å². The predicted molar refractivity (Wildman–Crippen MR) is 88.8 cm³/mol. The topological polar surface area (TPSA) is 12.0 Å². The maximum Gasteiger partial charge on any atom is 0.0397 e. The molecule has 1 aromatic rings. The van der Waals surface area contributed by atoms with E-state index < -0.39 is 0 Å². The average Bonchev–Trinajstić information content (AvgIpc) is 2.43. The predicted octanol–water partition coefficient (Wildman–Crippen LogP) is 5.59. The van der Waals surface area contributed by atoms with Crippen LogP contribution in [0.3, 0.4) is 0 Å². The molecule has 1 N–H and O–H groups in total. The van der Waals surface area contributed by atoms with Crippen LogP contribution in [0.4, 0.5) is 5.69 Å². The zero-order valence-electron chi connectivity index (χ0n) is 13.3. The Morgan fingerprint density at radius 3 is 2.21 bits per heavy atom. The van der Waals surface area contributed by atoms with Crippen molar-refractivity contribution in [2.45, 2.75) is 41.5 Å². The first-order chi connectivity index (χ1) is 9.11. The van der Waals surface area contributed by atoms with Gasteiger partial charge in [-0.05, 0) is 37.5 Å². The fraction of sp³-hybridized carbons (Fsp3) is 0.444. The van der Waals surface area contributed by atoms with Gasteiger partial charge in [0.1, 0.15) is 0 Å². The van der Waals surface area contributed by atoms with E-state index in [1.54, 1.807) is 0 Å². The third kappa shape index (κ3) is 8.25. The van der Waals surface area contributed by atoms with Gasteiger partial charge in [0.2, 0.25) is 0 Å². The average molecular weight is 259 g/mol. The van der Waals surface area contributed by atoms with E-state index in [9.17, 15) is 0 Å². The molecule has 0 heterocycles. The van der Waals surface area contributed by atoms with Gasteiger partial charge < -0.3 is 5.32 Å². The largest absolute Gasteiger partial charge is 0.381 e. The van der Waals surface area contributed by atoms with Crippen LogP contribution in [0, 0.1) is 12.8 Å². The van der Waals surface area contributed by atoms with Crippen molar-refractivity contribution < 1.29 is 0 Å². The maximum atomic E-state index is 3.43. The Balaban J connectivity index is 0.00000154. The van der Waals surface area contributed by atoms with E-state index in [1.807, 2.05) is 13.8 Å². The lowest BCUT2D eigenvalue weighted by atomic mass is 10.1. The molecule has 0 saturated carbocycles. The molecule has 0 saturated heterocycles. The minimum absolute atomic E-state index is 0.601. The second-order valence-electron chi connectivity index (χ2n) is 4.69. The normalized spacial score (nSPS) is 11.4. The molecule has 0 amide bonds. The summed E-state index contributed by atoms with van der Waals surface area (Å²) in [7, 11) is 0. The number of rotatable bonds is 5. The molecule has 0 bridgehead atoms. The first-order valence-corrected chi connectivity index (χ1v) is 7.25. The van der Waals surface area contributed by atoms with Crippen molar-refractivity contribution in [1.29, 1.82) is 0 Å². The van der Waals surface area contributed by atoms with Crippen LogP contribution in [-0.4, -0.2) is 6.54 Å². The third-order valence-corrected chi connectivity index (χ3v) is 2.61. The fourth-order valence-electron chi connectivity index (χ4n) is 1.45. The Morgan fingerprint density at radius 2 is 1.74 bits per heavy atom. The van der Waals surface area contributed by atoms with Crippen molar-refractivity contribution in [2.24, 2.45) is 5.92 Å². The summed E-state index contributed by atoms with van der Waals surface area (Å²) in [5.74, 6) is 0.601. The highest BCUT2D eigenvalue weighted by Gasteiger charge is 1.94. The summed E-state index contributed by atoms with van der Waals surface area (Å²) in [5, 5.41) is 3.43. The monoisotopic (exact) mass is 259 g/mol. The van der Waals surface area contributed by atoms with Gasteiger partial charge in [0.25, 0.3) is 0 Å². The van der Waals surface area contributed by atoms with Crippen molar-refractivity contribution in [1.82, 2.24) is 0 Å². The van der Waals surface area contributed by atoms with Gasteiger partial charge in [-0.2, -0.15) is 0 Å². The van der Waals surface area contributed by atoms with Crippen LogP contribution in [0.5, 0.6) is 0 Å². The summed E-state index contributed by atoms with van der Waals surface area (Å²) in [6, 6.07) is 8.49. The van der Waals surface area contributed by atoms with Crippen LogP contribution >= 0.6 is 0 Å². The van der Waals surface area contributed by atoms with Crippen LogP contribution in [0.2, 0.25) is 0 Å². The molecule has 0 radical (unpaired) electrons. The molecule has 0 spiro atoms. The molecular weight excluding hydrogens is 230 g/mol. The summed E-state index contributed by atoms with van der Waals surface area (Å²) < 4.78 is 0. The summed E-state index contributed by atoms with van der Waals surface area (Å²) in [6.07, 6.45) is 6.58. The van der Waals surface area contributed by atoms with Crippen LogP contribution < -0.4 is 5.32 Å². The number of aryl methyl sites for hydroxylation is 1. The van der Waals surface area contributed by atoms with Gasteiger partial charge in [-0.15, -0.1) is 0 Å². The number of nitrogens with one attached hydrogen (secondary N) is 1. The van der Waals surface area contributed by atoms with E-state index >= 15 is 0 Å². The smallest absolute Gasteiger partial charge is 0.0397 e. The van der Waals surface area contributed by atoms with Crippen molar-refractivity contribution in [3.63, 3.8) is 0 Å². The van der Waals surface area contributed by atoms with Crippen molar-refractivity contribution in [2.75, 3.05) is 11.9 Å². The molecule has 1 aromatic carbocycles. The summed E-state index contributed by atoms with van der Waals surface area (Å²) in [6.45, 7) is 13.4. The van der Waals surface area contributed by atoms with Gasteiger partial charge in [0, 0.05) is 12.2 Å². The molecular formula is C18H29N. The molecule has 106 valence electrons. The lowest BCUT2D eigenvalue weighted by molar-refractivity contribution is 0.830.